The van der Waals surface area contributed by atoms with Crippen molar-refractivity contribution >= 4 is 17.3 Å². The van der Waals surface area contributed by atoms with Crippen LogP contribution in [0.25, 0.3) is 0 Å². The Bertz CT molecular complexity index is 742. The number of piperidine rings is 1. The summed E-state index contributed by atoms with van der Waals surface area (Å²) < 4.78 is 0. The molecule has 0 saturated carbocycles. The summed E-state index contributed by atoms with van der Waals surface area (Å²) in [5, 5.41) is 14.7. The number of hydrogen-bond acceptors (Lipinski definition) is 6. The molecule has 2 aromatic rings. The van der Waals surface area contributed by atoms with Crippen molar-refractivity contribution in [3.63, 3.8) is 0 Å². The molecule has 1 fully saturated rings. The lowest BCUT2D eigenvalue weighted by molar-refractivity contribution is -0.384. The van der Waals surface area contributed by atoms with E-state index >= 15 is 0 Å². The van der Waals surface area contributed by atoms with Gasteiger partial charge in [0.2, 0.25) is 5.82 Å². The van der Waals surface area contributed by atoms with E-state index in [1.54, 1.807) is 12.3 Å². The third-order valence-corrected chi connectivity index (χ3v) is 4.22. The number of aryl methyl sites for hydroxylation is 2. The van der Waals surface area contributed by atoms with Gasteiger partial charge in [0.25, 0.3) is 0 Å². The van der Waals surface area contributed by atoms with Crippen molar-refractivity contribution in [1.29, 1.82) is 0 Å². The number of anilines is 2. The van der Waals surface area contributed by atoms with Crippen LogP contribution in [-0.2, 0) is 0 Å². The van der Waals surface area contributed by atoms with Crippen molar-refractivity contribution in [2.45, 2.75) is 32.7 Å². The molecule has 24 heavy (non-hydrogen) atoms. The van der Waals surface area contributed by atoms with Crippen molar-refractivity contribution < 1.29 is 4.92 Å². The van der Waals surface area contributed by atoms with Gasteiger partial charge in [-0.25, -0.2) is 9.97 Å². The molecule has 7 nitrogen and oxygen atoms in total. The fourth-order valence-electron chi connectivity index (χ4n) is 2.99. The zero-order valence-electron chi connectivity index (χ0n) is 13.9. The van der Waals surface area contributed by atoms with E-state index < -0.39 is 0 Å². The molecule has 1 aliphatic heterocycles. The van der Waals surface area contributed by atoms with Crippen LogP contribution in [0.5, 0.6) is 0 Å². The number of pyridine rings is 2. The highest BCUT2D eigenvalue weighted by atomic mass is 16.6. The topological polar surface area (TPSA) is 84.2 Å². The molecule has 0 spiro atoms. The molecular formula is C17H21N5O2. The van der Waals surface area contributed by atoms with Gasteiger partial charge < -0.3 is 10.2 Å². The van der Waals surface area contributed by atoms with Gasteiger partial charge in [-0.05, 0) is 44.4 Å². The average Bonchev–Trinajstić information content (AvgIpc) is 2.56. The van der Waals surface area contributed by atoms with Gasteiger partial charge in [0.15, 0.2) is 0 Å². The summed E-state index contributed by atoms with van der Waals surface area (Å²) in [7, 11) is 0. The minimum Gasteiger partial charge on any atom is -0.367 e. The molecule has 1 saturated heterocycles. The quantitative estimate of drug-likeness (QED) is 0.686. The van der Waals surface area contributed by atoms with Gasteiger partial charge in [0.1, 0.15) is 5.82 Å². The molecule has 3 rings (SSSR count). The lowest BCUT2D eigenvalue weighted by Gasteiger charge is -2.33. The molecule has 7 heteroatoms. The van der Waals surface area contributed by atoms with Gasteiger partial charge in [0.05, 0.1) is 4.92 Å². The van der Waals surface area contributed by atoms with Crippen molar-refractivity contribution in [3.8, 4) is 0 Å². The standard InChI is InChI=1S/C17H21N5O2/c1-12-10-15(22(23)24)17(18-11-12)21-8-6-14(7-9-21)20-16-5-3-4-13(2)19-16/h3-5,10-11,14H,6-9H2,1-2H3,(H,19,20). The number of nitrogens with zero attached hydrogens (tertiary/aromatic N) is 4. The molecule has 0 bridgehead atoms. The lowest BCUT2D eigenvalue weighted by atomic mass is 10.0. The first-order chi connectivity index (χ1) is 11.5. The Morgan fingerprint density at radius 1 is 1.29 bits per heavy atom. The normalized spacial score (nSPS) is 15.3. The summed E-state index contributed by atoms with van der Waals surface area (Å²) in [6, 6.07) is 7.82. The number of nitro groups is 1. The van der Waals surface area contributed by atoms with E-state index in [2.05, 4.69) is 15.3 Å². The van der Waals surface area contributed by atoms with Gasteiger partial charge in [-0.3, -0.25) is 10.1 Å². The zero-order valence-corrected chi connectivity index (χ0v) is 13.9. The fourth-order valence-corrected chi connectivity index (χ4v) is 2.99. The predicted octanol–water partition coefficient (Wildman–Crippen LogP) is 3.08. The second kappa shape index (κ2) is 6.82. The maximum Gasteiger partial charge on any atom is 0.311 e. The number of nitrogens with one attached hydrogen (secondary N) is 1. The smallest absolute Gasteiger partial charge is 0.311 e. The molecule has 2 aromatic heterocycles. The highest BCUT2D eigenvalue weighted by Gasteiger charge is 2.26. The molecule has 0 unspecified atom stereocenters. The maximum atomic E-state index is 11.3. The Balaban J connectivity index is 1.66. The van der Waals surface area contributed by atoms with E-state index in [0.717, 1.165) is 43.0 Å². The highest BCUT2D eigenvalue weighted by Crippen LogP contribution is 2.29. The molecule has 0 aliphatic carbocycles. The zero-order chi connectivity index (χ0) is 17.1. The molecule has 1 aliphatic rings. The van der Waals surface area contributed by atoms with Crippen LogP contribution < -0.4 is 10.2 Å². The van der Waals surface area contributed by atoms with Crippen LogP contribution in [0.4, 0.5) is 17.3 Å². The Kier molecular flexibility index (Phi) is 4.59. The van der Waals surface area contributed by atoms with Gasteiger partial charge >= 0.3 is 5.69 Å². The SMILES string of the molecule is Cc1cnc(N2CCC(Nc3cccc(C)n3)CC2)c([N+](=O)[O-])c1. The van der Waals surface area contributed by atoms with Crippen LogP contribution in [-0.4, -0.2) is 34.0 Å². The molecule has 0 radical (unpaired) electrons. The van der Waals surface area contributed by atoms with Gasteiger partial charge in [-0.15, -0.1) is 0 Å². The molecule has 3 heterocycles. The van der Waals surface area contributed by atoms with Crippen LogP contribution in [0.15, 0.2) is 30.5 Å². The summed E-state index contributed by atoms with van der Waals surface area (Å²) in [6.45, 7) is 5.26. The first kappa shape index (κ1) is 16.2. The van der Waals surface area contributed by atoms with Crippen LogP contribution in [0, 0.1) is 24.0 Å². The van der Waals surface area contributed by atoms with E-state index in [0.29, 0.717) is 11.9 Å². The van der Waals surface area contributed by atoms with E-state index in [9.17, 15) is 10.1 Å². The molecule has 0 atom stereocenters. The number of aromatic nitrogens is 2. The van der Waals surface area contributed by atoms with E-state index in [4.69, 9.17) is 0 Å². The molecule has 1 N–H and O–H groups in total. The minimum absolute atomic E-state index is 0.0850. The first-order valence-corrected chi connectivity index (χ1v) is 8.09. The van der Waals surface area contributed by atoms with Crippen LogP contribution >= 0.6 is 0 Å². The summed E-state index contributed by atoms with van der Waals surface area (Å²) in [4.78, 5) is 21.7. The van der Waals surface area contributed by atoms with Crippen molar-refractivity contribution in [1.82, 2.24) is 9.97 Å². The first-order valence-electron chi connectivity index (χ1n) is 8.09. The molecule has 0 aromatic carbocycles. The average molecular weight is 327 g/mol. The van der Waals surface area contributed by atoms with Gasteiger partial charge in [-0.1, -0.05) is 6.07 Å². The predicted molar refractivity (Wildman–Crippen MR) is 93.5 cm³/mol. The summed E-state index contributed by atoms with van der Waals surface area (Å²) in [6.07, 6.45) is 3.47. The number of hydrogen-bond donors (Lipinski definition) is 1. The summed E-state index contributed by atoms with van der Waals surface area (Å²) in [5.74, 6) is 1.35. The van der Waals surface area contributed by atoms with Crippen molar-refractivity contribution in [2.24, 2.45) is 0 Å². The monoisotopic (exact) mass is 327 g/mol. The third kappa shape index (κ3) is 3.61. The van der Waals surface area contributed by atoms with Crippen molar-refractivity contribution in [3.05, 3.63) is 51.8 Å². The Morgan fingerprint density at radius 2 is 2.04 bits per heavy atom. The molecular weight excluding hydrogens is 306 g/mol. The lowest BCUT2D eigenvalue weighted by Crippen LogP contribution is -2.40. The fraction of sp³-hybridized carbons (Fsp3) is 0.412. The molecule has 0 amide bonds. The van der Waals surface area contributed by atoms with Gasteiger partial charge in [-0.2, -0.15) is 0 Å². The van der Waals surface area contributed by atoms with E-state index in [1.807, 2.05) is 36.9 Å². The van der Waals surface area contributed by atoms with Crippen LogP contribution in [0.1, 0.15) is 24.1 Å². The van der Waals surface area contributed by atoms with Crippen molar-refractivity contribution in [2.75, 3.05) is 23.3 Å². The number of rotatable bonds is 4. The Labute approximate surface area is 140 Å². The second-order valence-electron chi connectivity index (χ2n) is 6.18. The second-order valence-corrected chi connectivity index (χ2v) is 6.18. The third-order valence-electron chi connectivity index (χ3n) is 4.22. The van der Waals surface area contributed by atoms with Crippen LogP contribution in [0.3, 0.4) is 0 Å². The van der Waals surface area contributed by atoms with E-state index in [-0.39, 0.29) is 10.6 Å². The van der Waals surface area contributed by atoms with Gasteiger partial charge in [0, 0.05) is 37.1 Å². The summed E-state index contributed by atoms with van der Waals surface area (Å²) in [5.41, 5.74) is 1.87. The summed E-state index contributed by atoms with van der Waals surface area (Å²) >= 11 is 0. The van der Waals surface area contributed by atoms with E-state index in [1.165, 1.54) is 0 Å². The Morgan fingerprint density at radius 3 is 2.71 bits per heavy atom. The maximum absolute atomic E-state index is 11.3. The minimum atomic E-state index is -0.351. The molecule has 126 valence electrons. The highest BCUT2D eigenvalue weighted by molar-refractivity contribution is 5.58. The van der Waals surface area contributed by atoms with Crippen LogP contribution in [0.2, 0.25) is 0 Å². The Hall–Kier alpha value is -2.70. The largest absolute Gasteiger partial charge is 0.367 e.